The van der Waals surface area contributed by atoms with Crippen LogP contribution in [0.4, 0.5) is 5.69 Å². The van der Waals surface area contributed by atoms with Crippen molar-refractivity contribution in [2.45, 2.75) is 13.8 Å². The highest BCUT2D eigenvalue weighted by molar-refractivity contribution is 7.80. The maximum Gasteiger partial charge on any atom is 0.264 e. The van der Waals surface area contributed by atoms with Crippen molar-refractivity contribution in [1.82, 2.24) is 5.32 Å². The lowest BCUT2D eigenvalue weighted by Crippen LogP contribution is -2.37. The van der Waals surface area contributed by atoms with Gasteiger partial charge in [0.05, 0.1) is 5.69 Å². The molecule has 0 spiro atoms. The van der Waals surface area contributed by atoms with E-state index in [4.69, 9.17) is 17.0 Å². The summed E-state index contributed by atoms with van der Waals surface area (Å²) < 4.78 is 5.36. The highest BCUT2D eigenvalue weighted by Crippen LogP contribution is 2.23. The molecule has 2 aromatic rings. The predicted molar refractivity (Wildman–Crippen MR) is 93.9 cm³/mol. The van der Waals surface area contributed by atoms with Gasteiger partial charge in [-0.3, -0.25) is 10.1 Å². The van der Waals surface area contributed by atoms with Crippen LogP contribution in [0.2, 0.25) is 0 Å². The Bertz CT molecular complexity index is 714. The molecule has 23 heavy (non-hydrogen) atoms. The number of nitrogens with one attached hydrogen (secondary N) is 2. The minimum atomic E-state index is -0.380. The zero-order chi connectivity index (χ0) is 16.8. The molecule has 0 aliphatic carbocycles. The number of rotatable bonds is 4. The maximum absolute atomic E-state index is 11.8. The highest BCUT2D eigenvalue weighted by Gasteiger charge is 2.08. The third-order valence-electron chi connectivity index (χ3n) is 3.05. The van der Waals surface area contributed by atoms with Gasteiger partial charge in [-0.1, -0.05) is 23.8 Å². The Balaban J connectivity index is 1.82. The number of hydrogen-bond donors (Lipinski definition) is 3. The third-order valence-corrected chi connectivity index (χ3v) is 3.25. The summed E-state index contributed by atoms with van der Waals surface area (Å²) in [5.74, 6) is 0.299. The summed E-state index contributed by atoms with van der Waals surface area (Å²) >= 11 is 5.04. The zero-order valence-electron chi connectivity index (χ0n) is 12.9. The van der Waals surface area contributed by atoms with E-state index in [0.29, 0.717) is 11.4 Å². The zero-order valence-corrected chi connectivity index (χ0v) is 13.7. The van der Waals surface area contributed by atoms with E-state index < -0.39 is 0 Å². The molecule has 0 aliphatic heterocycles. The van der Waals surface area contributed by atoms with Crippen molar-refractivity contribution in [3.05, 3.63) is 53.6 Å². The summed E-state index contributed by atoms with van der Waals surface area (Å²) in [6, 6.07) is 12.5. The minimum absolute atomic E-state index is 0.0671. The van der Waals surface area contributed by atoms with E-state index in [0.717, 1.165) is 11.1 Å². The van der Waals surface area contributed by atoms with Crippen LogP contribution in [0, 0.1) is 13.8 Å². The number of phenolic OH excluding ortho intramolecular Hbond substituents is 1. The number of thiocarbonyl (C=S) groups is 1. The lowest BCUT2D eigenvalue weighted by Gasteiger charge is -2.12. The summed E-state index contributed by atoms with van der Waals surface area (Å²) in [6.07, 6.45) is 0. The minimum Gasteiger partial charge on any atom is -0.506 e. The molecule has 3 N–H and O–H groups in total. The molecule has 0 aliphatic rings. The van der Waals surface area contributed by atoms with Gasteiger partial charge in [0.25, 0.3) is 5.91 Å². The van der Waals surface area contributed by atoms with Crippen LogP contribution < -0.4 is 15.4 Å². The SMILES string of the molecule is Cc1ccc(OCC(=O)NC(=S)Nc2ccc(C)cc2O)cc1. The van der Waals surface area contributed by atoms with E-state index in [2.05, 4.69) is 10.6 Å². The lowest BCUT2D eigenvalue weighted by atomic mass is 10.2. The molecule has 0 fully saturated rings. The van der Waals surface area contributed by atoms with Crippen molar-refractivity contribution in [1.29, 1.82) is 0 Å². The Morgan fingerprint density at radius 1 is 1.13 bits per heavy atom. The number of hydrogen-bond acceptors (Lipinski definition) is 4. The average Bonchev–Trinajstić information content (AvgIpc) is 2.49. The van der Waals surface area contributed by atoms with Gasteiger partial charge in [-0.05, 0) is 55.9 Å². The van der Waals surface area contributed by atoms with Crippen molar-refractivity contribution < 1.29 is 14.6 Å². The van der Waals surface area contributed by atoms with E-state index in [-0.39, 0.29) is 23.4 Å². The number of anilines is 1. The normalized spacial score (nSPS) is 10.0. The van der Waals surface area contributed by atoms with Crippen LogP contribution in [0.5, 0.6) is 11.5 Å². The van der Waals surface area contributed by atoms with E-state index in [1.807, 2.05) is 32.0 Å². The fraction of sp³-hybridized carbons (Fsp3) is 0.176. The molecule has 2 aromatic carbocycles. The molecule has 0 bridgehead atoms. The maximum atomic E-state index is 11.8. The van der Waals surface area contributed by atoms with Gasteiger partial charge in [-0.2, -0.15) is 0 Å². The lowest BCUT2D eigenvalue weighted by molar-refractivity contribution is -0.121. The van der Waals surface area contributed by atoms with Crippen molar-refractivity contribution in [3.63, 3.8) is 0 Å². The van der Waals surface area contributed by atoms with Gasteiger partial charge in [0.15, 0.2) is 11.7 Å². The molecule has 0 radical (unpaired) electrons. The quantitative estimate of drug-likeness (QED) is 0.594. The molecule has 6 heteroatoms. The highest BCUT2D eigenvalue weighted by atomic mass is 32.1. The molecule has 0 saturated carbocycles. The van der Waals surface area contributed by atoms with Gasteiger partial charge in [0.1, 0.15) is 11.5 Å². The number of ether oxygens (including phenoxy) is 1. The smallest absolute Gasteiger partial charge is 0.264 e. The first-order valence-electron chi connectivity index (χ1n) is 7.04. The van der Waals surface area contributed by atoms with Crippen molar-refractivity contribution in [3.8, 4) is 11.5 Å². The van der Waals surface area contributed by atoms with E-state index in [1.165, 1.54) is 0 Å². The van der Waals surface area contributed by atoms with Crippen molar-refractivity contribution in [2.75, 3.05) is 11.9 Å². The fourth-order valence-electron chi connectivity index (χ4n) is 1.85. The molecule has 0 saturated heterocycles. The first-order valence-corrected chi connectivity index (χ1v) is 7.45. The molecular formula is C17H18N2O3S. The standard InChI is InChI=1S/C17H18N2O3S/c1-11-3-6-13(7-4-11)22-10-16(21)19-17(23)18-14-8-5-12(2)9-15(14)20/h3-9,20H,10H2,1-2H3,(H2,18,19,21,23). The van der Waals surface area contributed by atoms with Crippen LogP contribution in [-0.4, -0.2) is 22.7 Å². The number of benzene rings is 2. The van der Waals surface area contributed by atoms with Crippen LogP contribution >= 0.6 is 12.2 Å². The molecule has 0 unspecified atom stereocenters. The van der Waals surface area contributed by atoms with Crippen molar-refractivity contribution >= 4 is 28.9 Å². The molecule has 120 valence electrons. The second-order valence-electron chi connectivity index (χ2n) is 5.12. The Hall–Kier alpha value is -2.60. The van der Waals surface area contributed by atoms with E-state index in [1.54, 1.807) is 24.3 Å². The Labute approximate surface area is 140 Å². The van der Waals surface area contributed by atoms with Gasteiger partial charge < -0.3 is 15.2 Å². The van der Waals surface area contributed by atoms with Crippen LogP contribution in [-0.2, 0) is 4.79 Å². The fourth-order valence-corrected chi connectivity index (χ4v) is 2.07. The molecule has 5 nitrogen and oxygen atoms in total. The summed E-state index contributed by atoms with van der Waals surface area (Å²) in [7, 11) is 0. The molecule has 1 amide bonds. The molecule has 2 rings (SSSR count). The number of carbonyl (C=O) groups excluding carboxylic acids is 1. The average molecular weight is 330 g/mol. The van der Waals surface area contributed by atoms with Gasteiger partial charge in [0.2, 0.25) is 0 Å². The number of aromatic hydroxyl groups is 1. The van der Waals surface area contributed by atoms with Crippen LogP contribution in [0.1, 0.15) is 11.1 Å². The molecule has 0 aromatic heterocycles. The van der Waals surface area contributed by atoms with Gasteiger partial charge in [0, 0.05) is 0 Å². The largest absolute Gasteiger partial charge is 0.506 e. The first-order chi connectivity index (χ1) is 10.9. The topological polar surface area (TPSA) is 70.6 Å². The van der Waals surface area contributed by atoms with E-state index in [9.17, 15) is 9.90 Å². The Morgan fingerprint density at radius 2 is 1.78 bits per heavy atom. The van der Waals surface area contributed by atoms with Crippen LogP contribution in [0.15, 0.2) is 42.5 Å². The Morgan fingerprint density at radius 3 is 2.43 bits per heavy atom. The number of aryl methyl sites for hydroxylation is 2. The number of carbonyl (C=O) groups is 1. The summed E-state index contributed by atoms with van der Waals surface area (Å²) in [6.45, 7) is 3.69. The first kappa shape index (κ1) is 16.8. The second kappa shape index (κ2) is 7.60. The number of phenols is 1. The number of amides is 1. The van der Waals surface area contributed by atoms with E-state index >= 15 is 0 Å². The molecule has 0 atom stereocenters. The Kier molecular flexibility index (Phi) is 5.54. The van der Waals surface area contributed by atoms with Gasteiger partial charge in [-0.25, -0.2) is 0 Å². The molecule has 0 heterocycles. The van der Waals surface area contributed by atoms with Crippen LogP contribution in [0.3, 0.4) is 0 Å². The monoisotopic (exact) mass is 330 g/mol. The summed E-state index contributed by atoms with van der Waals surface area (Å²) in [5.41, 5.74) is 2.47. The summed E-state index contributed by atoms with van der Waals surface area (Å²) in [5, 5.41) is 15.2. The predicted octanol–water partition coefficient (Wildman–Crippen LogP) is 2.90. The third kappa shape index (κ3) is 5.27. The van der Waals surface area contributed by atoms with Crippen LogP contribution in [0.25, 0.3) is 0 Å². The van der Waals surface area contributed by atoms with Gasteiger partial charge >= 0.3 is 0 Å². The van der Waals surface area contributed by atoms with Crippen molar-refractivity contribution in [2.24, 2.45) is 0 Å². The summed E-state index contributed by atoms with van der Waals surface area (Å²) in [4.78, 5) is 11.8. The second-order valence-corrected chi connectivity index (χ2v) is 5.53. The molecular weight excluding hydrogens is 312 g/mol. The van der Waals surface area contributed by atoms with Gasteiger partial charge in [-0.15, -0.1) is 0 Å².